The van der Waals surface area contributed by atoms with Gasteiger partial charge < -0.3 is 5.73 Å². The average Bonchev–Trinajstić information content (AvgIpc) is 2.36. The lowest BCUT2D eigenvalue weighted by Crippen LogP contribution is -2.36. The van der Waals surface area contributed by atoms with Gasteiger partial charge in [-0.15, -0.1) is 0 Å². The number of hydrogen-bond acceptors (Lipinski definition) is 2. The van der Waals surface area contributed by atoms with Gasteiger partial charge in [-0.1, -0.05) is 36.9 Å². The van der Waals surface area contributed by atoms with Gasteiger partial charge in [-0.05, 0) is 59.6 Å². The van der Waals surface area contributed by atoms with E-state index in [0.717, 1.165) is 22.6 Å². The lowest BCUT2D eigenvalue weighted by molar-refractivity contribution is 0.183. The zero-order chi connectivity index (χ0) is 13.7. The van der Waals surface area contributed by atoms with E-state index in [-0.39, 0.29) is 0 Å². The van der Waals surface area contributed by atoms with Gasteiger partial charge in [0.2, 0.25) is 0 Å². The Labute approximate surface area is 129 Å². The predicted molar refractivity (Wildman–Crippen MR) is 85.6 cm³/mol. The normalized spacial score (nSPS) is 19.7. The minimum Gasteiger partial charge on any atom is -0.329 e. The lowest BCUT2D eigenvalue weighted by atomic mass is 10.0. The van der Waals surface area contributed by atoms with E-state index in [9.17, 15) is 0 Å². The number of benzene rings is 1. The van der Waals surface area contributed by atoms with Crippen LogP contribution in [0.15, 0.2) is 22.7 Å². The predicted octanol–water partition coefficient (Wildman–Crippen LogP) is 4.37. The molecule has 1 aliphatic rings. The van der Waals surface area contributed by atoms with Crippen molar-refractivity contribution in [2.45, 2.75) is 38.1 Å². The van der Waals surface area contributed by atoms with Gasteiger partial charge in [-0.2, -0.15) is 0 Å². The third kappa shape index (κ3) is 4.19. The fraction of sp³-hybridized carbons (Fsp3) is 0.600. The fourth-order valence-electron chi connectivity index (χ4n) is 2.80. The Kier molecular flexibility index (Phi) is 6.14. The molecule has 106 valence electrons. The molecule has 0 spiro atoms. The highest BCUT2D eigenvalue weighted by Gasteiger charge is 2.20. The molecule has 0 amide bonds. The smallest absolute Gasteiger partial charge is 0.0548 e. The van der Waals surface area contributed by atoms with Crippen molar-refractivity contribution in [3.05, 3.63) is 33.3 Å². The highest BCUT2D eigenvalue weighted by Crippen LogP contribution is 2.29. The Morgan fingerprint density at radius 1 is 1.16 bits per heavy atom. The van der Waals surface area contributed by atoms with Crippen LogP contribution in [0, 0.1) is 0 Å². The van der Waals surface area contributed by atoms with Crippen LogP contribution in [0.4, 0.5) is 0 Å². The number of nitrogens with zero attached hydrogens (tertiary/aromatic N) is 1. The van der Waals surface area contributed by atoms with Crippen LogP contribution in [0.5, 0.6) is 0 Å². The second kappa shape index (κ2) is 7.63. The molecule has 2 rings (SSSR count). The Bertz CT molecular complexity index is 403. The molecule has 4 heteroatoms. The second-order valence-electron chi connectivity index (χ2n) is 5.23. The maximum absolute atomic E-state index is 6.07. The molecular formula is C15H22BrClN2. The van der Waals surface area contributed by atoms with Gasteiger partial charge in [-0.3, -0.25) is 4.90 Å². The molecule has 0 aliphatic carbocycles. The molecule has 1 saturated heterocycles. The first-order valence-corrected chi connectivity index (χ1v) is 8.28. The number of rotatable bonds is 3. The molecule has 1 aromatic carbocycles. The van der Waals surface area contributed by atoms with Gasteiger partial charge in [0.15, 0.2) is 0 Å². The summed E-state index contributed by atoms with van der Waals surface area (Å²) in [6.07, 6.45) is 6.64. The standard InChI is InChI=1S/C15H22BrClN2/c16-13-10-12(6-7-14(13)17)15(11-18)19-8-4-2-1-3-5-9-19/h6-7,10,15H,1-5,8-9,11,18H2. The Balaban J connectivity index is 2.14. The first-order chi connectivity index (χ1) is 9.22. The third-order valence-corrected chi connectivity index (χ3v) is 5.10. The summed E-state index contributed by atoms with van der Waals surface area (Å²) in [5.74, 6) is 0. The SMILES string of the molecule is NCC(c1ccc(Cl)c(Br)c1)N1CCCCCCC1. The summed E-state index contributed by atoms with van der Waals surface area (Å²) in [6.45, 7) is 2.97. The molecule has 1 atom stereocenters. The Morgan fingerprint density at radius 3 is 2.37 bits per heavy atom. The maximum atomic E-state index is 6.07. The van der Waals surface area contributed by atoms with Crippen molar-refractivity contribution in [3.8, 4) is 0 Å². The molecule has 0 aromatic heterocycles. The summed E-state index contributed by atoms with van der Waals surface area (Å²) in [6, 6.07) is 6.47. The molecule has 0 radical (unpaired) electrons. The van der Waals surface area contributed by atoms with Crippen molar-refractivity contribution < 1.29 is 0 Å². The molecule has 0 saturated carbocycles. The van der Waals surface area contributed by atoms with E-state index in [1.807, 2.05) is 6.07 Å². The number of nitrogens with two attached hydrogens (primary N) is 1. The largest absolute Gasteiger partial charge is 0.329 e. The van der Waals surface area contributed by atoms with E-state index in [1.54, 1.807) is 0 Å². The molecule has 19 heavy (non-hydrogen) atoms. The van der Waals surface area contributed by atoms with Crippen LogP contribution in [-0.4, -0.2) is 24.5 Å². The first kappa shape index (κ1) is 15.3. The minimum atomic E-state index is 0.312. The minimum absolute atomic E-state index is 0.312. The Morgan fingerprint density at radius 2 is 1.79 bits per heavy atom. The third-order valence-electron chi connectivity index (χ3n) is 3.88. The van der Waals surface area contributed by atoms with Crippen molar-refractivity contribution in [1.82, 2.24) is 4.90 Å². The number of likely N-dealkylation sites (tertiary alicyclic amines) is 1. The maximum Gasteiger partial charge on any atom is 0.0548 e. The van der Waals surface area contributed by atoms with Crippen LogP contribution in [0.1, 0.15) is 43.7 Å². The Hall–Kier alpha value is -0.0900. The van der Waals surface area contributed by atoms with E-state index in [0.29, 0.717) is 12.6 Å². The molecular weight excluding hydrogens is 324 g/mol. The highest BCUT2D eigenvalue weighted by atomic mass is 79.9. The molecule has 1 unspecified atom stereocenters. The van der Waals surface area contributed by atoms with Crippen LogP contribution >= 0.6 is 27.5 Å². The van der Waals surface area contributed by atoms with Gasteiger partial charge in [0, 0.05) is 17.1 Å². The van der Waals surface area contributed by atoms with E-state index >= 15 is 0 Å². The quantitative estimate of drug-likeness (QED) is 0.881. The summed E-state index contributed by atoms with van der Waals surface area (Å²) in [5.41, 5.74) is 7.29. The van der Waals surface area contributed by atoms with Crippen molar-refractivity contribution in [2.75, 3.05) is 19.6 Å². The highest BCUT2D eigenvalue weighted by molar-refractivity contribution is 9.10. The number of hydrogen-bond donors (Lipinski definition) is 1. The van der Waals surface area contributed by atoms with Crippen LogP contribution in [0.25, 0.3) is 0 Å². The summed E-state index contributed by atoms with van der Waals surface area (Å²) in [4.78, 5) is 2.54. The van der Waals surface area contributed by atoms with Gasteiger partial charge in [0.05, 0.1) is 5.02 Å². The molecule has 1 aromatic rings. The zero-order valence-electron chi connectivity index (χ0n) is 11.2. The monoisotopic (exact) mass is 344 g/mol. The molecule has 2 N–H and O–H groups in total. The summed E-state index contributed by atoms with van der Waals surface area (Å²) < 4.78 is 0.956. The van der Waals surface area contributed by atoms with Gasteiger partial charge in [0.25, 0.3) is 0 Å². The van der Waals surface area contributed by atoms with Crippen molar-refractivity contribution in [1.29, 1.82) is 0 Å². The van der Waals surface area contributed by atoms with Crippen molar-refractivity contribution in [3.63, 3.8) is 0 Å². The van der Waals surface area contributed by atoms with Crippen LogP contribution in [0.2, 0.25) is 5.02 Å². The van der Waals surface area contributed by atoms with Crippen molar-refractivity contribution in [2.24, 2.45) is 5.73 Å². The second-order valence-corrected chi connectivity index (χ2v) is 6.49. The first-order valence-electron chi connectivity index (χ1n) is 7.11. The molecule has 1 aliphatic heterocycles. The van der Waals surface area contributed by atoms with Crippen LogP contribution in [-0.2, 0) is 0 Å². The van der Waals surface area contributed by atoms with E-state index in [2.05, 4.69) is 33.0 Å². The number of halogens is 2. The van der Waals surface area contributed by atoms with Gasteiger partial charge >= 0.3 is 0 Å². The molecule has 1 fully saturated rings. The van der Waals surface area contributed by atoms with Gasteiger partial charge in [0.1, 0.15) is 0 Å². The van der Waals surface area contributed by atoms with Gasteiger partial charge in [-0.25, -0.2) is 0 Å². The molecule has 0 bridgehead atoms. The van der Waals surface area contributed by atoms with E-state index in [1.165, 1.54) is 37.7 Å². The van der Waals surface area contributed by atoms with Crippen molar-refractivity contribution >= 4 is 27.5 Å². The zero-order valence-corrected chi connectivity index (χ0v) is 13.6. The summed E-state index contributed by atoms with van der Waals surface area (Å²) >= 11 is 9.57. The summed E-state index contributed by atoms with van der Waals surface area (Å²) in [7, 11) is 0. The van der Waals surface area contributed by atoms with E-state index < -0.39 is 0 Å². The molecule has 1 heterocycles. The molecule has 2 nitrogen and oxygen atoms in total. The van der Waals surface area contributed by atoms with Crippen LogP contribution in [0.3, 0.4) is 0 Å². The average molecular weight is 346 g/mol. The van der Waals surface area contributed by atoms with E-state index in [4.69, 9.17) is 17.3 Å². The fourth-order valence-corrected chi connectivity index (χ4v) is 3.31. The summed E-state index contributed by atoms with van der Waals surface area (Å²) in [5, 5.41) is 0.757. The topological polar surface area (TPSA) is 29.3 Å². The van der Waals surface area contributed by atoms with Crippen LogP contribution < -0.4 is 5.73 Å². The lowest BCUT2D eigenvalue weighted by Gasteiger charge is -2.32.